The second-order valence-electron chi connectivity index (χ2n) is 6.36. The number of hydrogen-bond donors (Lipinski definition) is 0. The lowest BCUT2D eigenvalue weighted by molar-refractivity contribution is 0.0781. The van der Waals surface area contributed by atoms with Crippen molar-refractivity contribution in [3.05, 3.63) is 36.4 Å². The first-order chi connectivity index (χ1) is 12.5. The largest absolute Gasteiger partial charge is 0.408 e. The van der Waals surface area contributed by atoms with Crippen LogP contribution in [-0.4, -0.2) is 67.7 Å². The number of imidazole rings is 1. The van der Waals surface area contributed by atoms with Crippen molar-refractivity contribution in [3.8, 4) is 0 Å². The fraction of sp³-hybridized carbons (Fsp3) is 0.438. The van der Waals surface area contributed by atoms with E-state index in [0.717, 1.165) is 0 Å². The van der Waals surface area contributed by atoms with E-state index in [9.17, 15) is 9.18 Å². The summed E-state index contributed by atoms with van der Waals surface area (Å²) in [5.41, 5.74) is 0.749. The molecule has 0 bridgehead atoms. The molecule has 1 fully saturated rings. The molecule has 0 aliphatic carbocycles. The normalized spacial score (nSPS) is 20.0. The molecule has 136 valence electrons. The molecule has 4 rings (SSSR count). The molecule has 3 aromatic heterocycles. The van der Waals surface area contributed by atoms with Crippen molar-refractivity contribution in [3.63, 3.8) is 0 Å². The van der Waals surface area contributed by atoms with E-state index in [1.165, 1.54) is 4.90 Å². The predicted molar refractivity (Wildman–Crippen MR) is 89.6 cm³/mol. The van der Waals surface area contributed by atoms with Gasteiger partial charge >= 0.3 is 6.01 Å². The molecule has 0 unspecified atom stereocenters. The van der Waals surface area contributed by atoms with Crippen LogP contribution < -0.4 is 4.90 Å². The van der Waals surface area contributed by atoms with Crippen LogP contribution >= 0.6 is 0 Å². The zero-order valence-electron chi connectivity index (χ0n) is 14.4. The van der Waals surface area contributed by atoms with E-state index in [0.29, 0.717) is 24.5 Å². The fourth-order valence-corrected chi connectivity index (χ4v) is 3.25. The lowest BCUT2D eigenvalue weighted by Gasteiger charge is -2.26. The van der Waals surface area contributed by atoms with Gasteiger partial charge in [-0.25, -0.2) is 14.4 Å². The third-order valence-corrected chi connectivity index (χ3v) is 4.47. The lowest BCUT2D eigenvalue weighted by atomic mass is 10.2. The molecule has 3 aromatic rings. The van der Waals surface area contributed by atoms with Crippen molar-refractivity contribution in [2.75, 3.05) is 25.0 Å². The number of anilines is 1. The number of carbonyl (C=O) groups excluding carboxylic acids is 1. The third-order valence-electron chi connectivity index (χ3n) is 4.47. The Morgan fingerprint density at radius 2 is 2.12 bits per heavy atom. The number of carbonyl (C=O) groups is 1. The molecule has 9 nitrogen and oxygen atoms in total. The zero-order chi connectivity index (χ0) is 18.3. The second kappa shape index (κ2) is 6.36. The highest BCUT2D eigenvalue weighted by Crippen LogP contribution is 2.27. The molecule has 1 saturated heterocycles. The van der Waals surface area contributed by atoms with Crippen LogP contribution in [0.3, 0.4) is 0 Å². The maximum atomic E-state index is 14.0. The summed E-state index contributed by atoms with van der Waals surface area (Å²) >= 11 is 0. The fourth-order valence-electron chi connectivity index (χ4n) is 3.25. The number of hydrogen-bond acceptors (Lipinski definition) is 7. The van der Waals surface area contributed by atoms with Crippen LogP contribution in [0.4, 0.5) is 10.4 Å². The van der Waals surface area contributed by atoms with Gasteiger partial charge in [0.2, 0.25) is 5.89 Å². The molecule has 0 spiro atoms. The van der Waals surface area contributed by atoms with Crippen LogP contribution in [0.2, 0.25) is 0 Å². The predicted octanol–water partition coefficient (Wildman–Crippen LogP) is 1.11. The molecule has 1 aliphatic heterocycles. The molecule has 0 radical (unpaired) electrons. The molecular formula is C16H18FN7O2. The average Bonchev–Trinajstić information content (AvgIpc) is 3.33. The van der Waals surface area contributed by atoms with Crippen molar-refractivity contribution in [2.45, 2.75) is 25.6 Å². The maximum absolute atomic E-state index is 14.0. The van der Waals surface area contributed by atoms with Gasteiger partial charge in [-0.1, -0.05) is 5.10 Å². The van der Waals surface area contributed by atoms with Gasteiger partial charge in [0.05, 0.1) is 12.6 Å². The molecule has 2 atom stereocenters. The van der Waals surface area contributed by atoms with E-state index in [1.54, 1.807) is 48.1 Å². The first-order valence-corrected chi connectivity index (χ1v) is 8.27. The highest BCUT2D eigenvalue weighted by atomic mass is 19.1. The first kappa shape index (κ1) is 16.4. The van der Waals surface area contributed by atoms with E-state index in [2.05, 4.69) is 20.2 Å². The van der Waals surface area contributed by atoms with Crippen LogP contribution in [0, 0.1) is 6.92 Å². The van der Waals surface area contributed by atoms with E-state index < -0.39 is 6.17 Å². The van der Waals surface area contributed by atoms with Crippen LogP contribution in [0.25, 0.3) is 5.65 Å². The van der Waals surface area contributed by atoms with Crippen LogP contribution in [-0.2, 0) is 0 Å². The number of aryl methyl sites for hydroxylation is 1. The van der Waals surface area contributed by atoms with Crippen molar-refractivity contribution in [1.29, 1.82) is 0 Å². The van der Waals surface area contributed by atoms with E-state index in [4.69, 9.17) is 4.42 Å². The number of fused-ring (bicyclic) bond motifs is 1. The Hall–Kier alpha value is -3.04. The van der Waals surface area contributed by atoms with Crippen LogP contribution in [0.5, 0.6) is 0 Å². The molecule has 4 heterocycles. The van der Waals surface area contributed by atoms with Crippen molar-refractivity contribution in [1.82, 2.24) is 29.5 Å². The Labute approximate surface area is 148 Å². The molecule has 1 amide bonds. The summed E-state index contributed by atoms with van der Waals surface area (Å²) in [6.45, 7) is 2.16. The number of likely N-dealkylation sites (N-methyl/N-ethyl adjacent to an activating group) is 1. The highest BCUT2D eigenvalue weighted by molar-refractivity contribution is 5.97. The maximum Gasteiger partial charge on any atom is 0.318 e. The second-order valence-corrected chi connectivity index (χ2v) is 6.36. The number of alkyl halides is 1. The van der Waals surface area contributed by atoms with Gasteiger partial charge in [0.25, 0.3) is 5.91 Å². The summed E-state index contributed by atoms with van der Waals surface area (Å²) in [4.78, 5) is 24.4. The molecule has 26 heavy (non-hydrogen) atoms. The number of rotatable bonds is 4. The monoisotopic (exact) mass is 359 g/mol. The Kier molecular flexibility index (Phi) is 4.02. The quantitative estimate of drug-likeness (QED) is 0.689. The van der Waals surface area contributed by atoms with Crippen molar-refractivity contribution < 1.29 is 13.6 Å². The van der Waals surface area contributed by atoms with Gasteiger partial charge in [-0.05, 0) is 0 Å². The third kappa shape index (κ3) is 2.87. The summed E-state index contributed by atoms with van der Waals surface area (Å²) < 4.78 is 21.2. The summed E-state index contributed by atoms with van der Waals surface area (Å²) in [5.74, 6) is 0.145. The van der Waals surface area contributed by atoms with Gasteiger partial charge in [-0.3, -0.25) is 4.79 Å². The van der Waals surface area contributed by atoms with Gasteiger partial charge in [-0.15, -0.1) is 5.10 Å². The topological polar surface area (TPSA) is 92.7 Å². The minimum Gasteiger partial charge on any atom is -0.408 e. The van der Waals surface area contributed by atoms with Gasteiger partial charge in [0.1, 0.15) is 6.17 Å². The summed E-state index contributed by atoms with van der Waals surface area (Å²) in [5, 5.41) is 7.77. The van der Waals surface area contributed by atoms with Gasteiger partial charge in [0.15, 0.2) is 11.3 Å². The molecule has 0 aromatic carbocycles. The smallest absolute Gasteiger partial charge is 0.318 e. The van der Waals surface area contributed by atoms with Crippen molar-refractivity contribution in [2.24, 2.45) is 0 Å². The minimum atomic E-state index is -1.01. The van der Waals surface area contributed by atoms with Gasteiger partial charge < -0.3 is 18.6 Å². The first-order valence-electron chi connectivity index (χ1n) is 8.27. The Balaban J connectivity index is 1.54. The molecule has 0 N–H and O–H groups in total. The molecule has 10 heteroatoms. The van der Waals surface area contributed by atoms with E-state index in [-0.39, 0.29) is 30.2 Å². The Bertz CT molecular complexity index is 939. The number of nitrogens with zero attached hydrogens (tertiary/aromatic N) is 7. The summed E-state index contributed by atoms with van der Waals surface area (Å²) in [7, 11) is 1.67. The zero-order valence-corrected chi connectivity index (χ0v) is 14.4. The van der Waals surface area contributed by atoms with E-state index in [1.807, 2.05) is 0 Å². The number of halogens is 1. The average molecular weight is 359 g/mol. The Morgan fingerprint density at radius 1 is 1.35 bits per heavy atom. The highest BCUT2D eigenvalue weighted by Gasteiger charge is 2.36. The van der Waals surface area contributed by atoms with Crippen LogP contribution in [0.1, 0.15) is 22.8 Å². The van der Waals surface area contributed by atoms with Gasteiger partial charge in [0, 0.05) is 51.7 Å². The SMILES string of the molecule is Cc1nnc(N2C[C@@H](F)C[C@H]2CN(C)C(=O)c2nccn3ccnc23)o1. The standard InChI is InChI=1S/C16H18FN7O2/c1-10-20-21-16(26-10)24-8-11(17)7-12(24)9-22(2)15(25)13-14-19-4-6-23(14)5-3-18-13/h3-6,11-12H,7-9H2,1-2H3/t11-,12-/m0/s1. The van der Waals surface area contributed by atoms with Crippen molar-refractivity contribution >= 4 is 17.6 Å². The number of amides is 1. The van der Waals surface area contributed by atoms with E-state index >= 15 is 0 Å². The summed E-state index contributed by atoms with van der Waals surface area (Å²) in [6.07, 6.45) is 5.92. The minimum absolute atomic E-state index is 0.169. The molecule has 0 saturated carbocycles. The Morgan fingerprint density at radius 3 is 2.85 bits per heavy atom. The van der Waals surface area contributed by atoms with Gasteiger partial charge in [-0.2, -0.15) is 0 Å². The summed E-state index contributed by atoms with van der Waals surface area (Å²) in [6, 6.07) is 0.0280. The molecular weight excluding hydrogens is 341 g/mol. The number of aromatic nitrogens is 5. The molecule has 1 aliphatic rings. The lowest BCUT2D eigenvalue weighted by Crippen LogP contribution is -2.41. The van der Waals surface area contributed by atoms with Crippen LogP contribution in [0.15, 0.2) is 29.2 Å².